The molecule has 10 rings (SSSR count). The van der Waals surface area contributed by atoms with Crippen LogP contribution in [0.2, 0.25) is 0 Å². The molecule has 4 atom stereocenters. The van der Waals surface area contributed by atoms with Crippen molar-refractivity contribution in [3.63, 3.8) is 0 Å². The van der Waals surface area contributed by atoms with Crippen molar-refractivity contribution in [2.75, 3.05) is 11.4 Å². The quantitative estimate of drug-likeness (QED) is 0.201. The molecule has 0 fully saturated rings. The van der Waals surface area contributed by atoms with Gasteiger partial charge in [-0.05, 0) is 76.6 Å². The third-order valence-electron chi connectivity index (χ3n) is 11.7. The molecule has 1 N–H and O–H groups in total. The summed E-state index contributed by atoms with van der Waals surface area (Å²) in [7, 11) is 0. The fourth-order valence-electron chi connectivity index (χ4n) is 9.27. The molecule has 3 aliphatic rings. The van der Waals surface area contributed by atoms with Crippen LogP contribution < -0.4 is 10.2 Å². The predicted octanol–water partition coefficient (Wildman–Crippen LogP) is 11.6. The van der Waals surface area contributed by atoms with E-state index in [1.54, 1.807) is 0 Å². The zero-order valence-electron chi connectivity index (χ0n) is 29.6. The van der Waals surface area contributed by atoms with Crippen LogP contribution >= 0.6 is 0 Å². The van der Waals surface area contributed by atoms with Crippen molar-refractivity contribution in [3.8, 4) is 39.1 Å². The van der Waals surface area contributed by atoms with Crippen molar-refractivity contribution in [3.05, 3.63) is 193 Å². The normalized spacial score (nSPS) is 21.6. The first-order valence-corrected chi connectivity index (χ1v) is 18.6. The third kappa shape index (κ3) is 4.69. The Kier molecular flexibility index (Phi) is 7.19. The highest BCUT2D eigenvalue weighted by Gasteiger charge is 2.48. The highest BCUT2D eigenvalue weighted by molar-refractivity contribution is 6.04. The third-order valence-corrected chi connectivity index (χ3v) is 11.7. The molecule has 3 heteroatoms. The second-order valence-electron chi connectivity index (χ2n) is 14.8. The van der Waals surface area contributed by atoms with Gasteiger partial charge in [-0.2, -0.15) is 0 Å². The minimum atomic E-state index is -0.391. The molecule has 3 nitrogen and oxygen atoms in total. The van der Waals surface area contributed by atoms with Gasteiger partial charge in [0.2, 0.25) is 0 Å². The molecule has 252 valence electrons. The summed E-state index contributed by atoms with van der Waals surface area (Å²) in [4.78, 5) is 2.69. The Morgan fingerprint density at radius 1 is 0.635 bits per heavy atom. The highest BCUT2D eigenvalue weighted by Crippen LogP contribution is 2.55. The average Bonchev–Trinajstić information content (AvgIpc) is 3.52. The van der Waals surface area contributed by atoms with Crippen LogP contribution in [0.25, 0.3) is 50.0 Å². The van der Waals surface area contributed by atoms with Crippen LogP contribution in [-0.4, -0.2) is 17.2 Å². The fraction of sp³-hybridized carbons (Fsp3) is 0.143. The molecule has 2 aliphatic heterocycles. The maximum atomic E-state index is 4.03. The lowest BCUT2D eigenvalue weighted by atomic mass is 9.74. The first-order chi connectivity index (χ1) is 25.6. The number of fused-ring (bicyclic) bond motifs is 8. The van der Waals surface area contributed by atoms with E-state index in [-0.39, 0.29) is 12.2 Å². The molecule has 3 heterocycles. The first-order valence-electron chi connectivity index (χ1n) is 18.6. The van der Waals surface area contributed by atoms with Crippen LogP contribution in [0.3, 0.4) is 0 Å². The Morgan fingerprint density at radius 2 is 1.27 bits per heavy atom. The molecular formula is C49H41N3. The van der Waals surface area contributed by atoms with Crippen molar-refractivity contribution in [2.24, 2.45) is 0 Å². The average molecular weight is 672 g/mol. The number of hydrogen-bond acceptors (Lipinski definition) is 2. The summed E-state index contributed by atoms with van der Waals surface area (Å²) < 4.78 is 2.59. The van der Waals surface area contributed by atoms with Gasteiger partial charge in [0.05, 0.1) is 17.0 Å². The van der Waals surface area contributed by atoms with Crippen LogP contribution in [0.1, 0.15) is 42.8 Å². The van der Waals surface area contributed by atoms with Crippen molar-refractivity contribution in [1.29, 1.82) is 0 Å². The van der Waals surface area contributed by atoms with Crippen LogP contribution in [0.4, 0.5) is 5.69 Å². The number of anilines is 1. The first kappa shape index (κ1) is 30.9. The van der Waals surface area contributed by atoms with Crippen LogP contribution in [0, 0.1) is 0 Å². The fourth-order valence-corrected chi connectivity index (χ4v) is 9.27. The van der Waals surface area contributed by atoms with Crippen LogP contribution in [0.5, 0.6) is 0 Å². The number of rotatable bonds is 4. The lowest BCUT2D eigenvalue weighted by molar-refractivity contribution is 0.379. The van der Waals surface area contributed by atoms with Gasteiger partial charge in [0, 0.05) is 40.1 Å². The molecule has 0 amide bonds. The molecule has 1 aliphatic carbocycles. The van der Waals surface area contributed by atoms with Gasteiger partial charge < -0.3 is 9.47 Å². The molecule has 0 bridgehead atoms. The SMILES string of the molecule is CC1CNC(N2c3ccccc3-c3c(n(-c4cc(-c5ccccc5)cc(-c5ccccc5)c4)c4ccccc34)C3(C)C=CC=CC23)c2ccccc21. The summed E-state index contributed by atoms with van der Waals surface area (Å²) in [5.74, 6) is 0.448. The molecule has 0 spiro atoms. The number of hydrogen-bond donors (Lipinski definition) is 1. The van der Waals surface area contributed by atoms with Crippen LogP contribution in [-0.2, 0) is 5.41 Å². The van der Waals surface area contributed by atoms with Crippen molar-refractivity contribution < 1.29 is 0 Å². The van der Waals surface area contributed by atoms with E-state index in [4.69, 9.17) is 0 Å². The monoisotopic (exact) mass is 671 g/mol. The van der Waals surface area contributed by atoms with Gasteiger partial charge in [-0.15, -0.1) is 0 Å². The number of para-hydroxylation sites is 2. The van der Waals surface area contributed by atoms with Gasteiger partial charge in [0.15, 0.2) is 0 Å². The number of benzene rings is 6. The van der Waals surface area contributed by atoms with E-state index in [2.05, 4.69) is 205 Å². The van der Waals surface area contributed by atoms with Gasteiger partial charge in [0.25, 0.3) is 0 Å². The van der Waals surface area contributed by atoms with Gasteiger partial charge in [-0.25, -0.2) is 0 Å². The number of allylic oxidation sites excluding steroid dienone is 2. The van der Waals surface area contributed by atoms with Crippen LogP contribution in [0.15, 0.2) is 176 Å². The number of nitrogens with one attached hydrogen (secondary N) is 1. The molecule has 52 heavy (non-hydrogen) atoms. The molecule has 6 aromatic carbocycles. The minimum Gasteiger partial charge on any atom is -0.344 e. The van der Waals surface area contributed by atoms with Crippen molar-refractivity contribution in [1.82, 2.24) is 9.88 Å². The Labute approximate surface area is 306 Å². The maximum Gasteiger partial charge on any atom is 0.107 e. The molecular weight excluding hydrogens is 631 g/mol. The zero-order chi connectivity index (χ0) is 34.8. The van der Waals surface area contributed by atoms with Gasteiger partial charge >= 0.3 is 0 Å². The lowest BCUT2D eigenvalue weighted by Crippen LogP contribution is -2.54. The second kappa shape index (κ2) is 12.1. The van der Waals surface area contributed by atoms with Gasteiger partial charge in [-0.3, -0.25) is 5.32 Å². The molecule has 1 aromatic heterocycles. The number of aromatic nitrogens is 1. The Morgan fingerprint density at radius 3 is 2.02 bits per heavy atom. The van der Waals surface area contributed by atoms with E-state index in [1.807, 2.05) is 0 Å². The summed E-state index contributed by atoms with van der Waals surface area (Å²) >= 11 is 0. The largest absolute Gasteiger partial charge is 0.344 e. The molecule has 0 saturated carbocycles. The second-order valence-corrected chi connectivity index (χ2v) is 14.8. The summed E-state index contributed by atoms with van der Waals surface area (Å²) in [6.45, 7) is 5.73. The van der Waals surface area contributed by atoms with E-state index in [0.717, 1.165) is 6.54 Å². The molecule has 7 aromatic rings. The molecule has 0 saturated heterocycles. The standard InChI is InChI=1S/C49H41N3/c1-33-32-50-48(40-22-10-9-21-39(33)40)52-44-26-14-12-24-42(44)46-41-23-11-13-25-43(41)51(47(46)49(2)28-16-15-27-45(49)52)38-30-36(34-17-5-3-6-18-34)29-37(31-38)35-19-7-4-8-20-35/h3-31,33,45,48,50H,32H2,1-2H3. The highest BCUT2D eigenvalue weighted by atomic mass is 15.3. The Balaban J connectivity index is 1.29. The lowest BCUT2D eigenvalue weighted by Gasteiger charge is -2.48. The summed E-state index contributed by atoms with van der Waals surface area (Å²) in [6.07, 6.45) is 9.42. The summed E-state index contributed by atoms with van der Waals surface area (Å²) in [6, 6.07) is 56.0. The number of nitrogens with zero attached hydrogens (tertiary/aromatic N) is 2. The molecule has 0 radical (unpaired) electrons. The zero-order valence-corrected chi connectivity index (χ0v) is 29.6. The van der Waals surface area contributed by atoms with E-state index < -0.39 is 5.41 Å². The smallest absolute Gasteiger partial charge is 0.107 e. The van der Waals surface area contributed by atoms with Gasteiger partial charge in [0.1, 0.15) is 6.17 Å². The minimum absolute atomic E-state index is 0.0174. The summed E-state index contributed by atoms with van der Waals surface area (Å²) in [5.41, 5.74) is 14.8. The van der Waals surface area contributed by atoms with Crippen molar-refractivity contribution >= 4 is 16.6 Å². The Hall–Kier alpha value is -5.90. The molecule has 4 unspecified atom stereocenters. The van der Waals surface area contributed by atoms with E-state index in [0.29, 0.717) is 5.92 Å². The van der Waals surface area contributed by atoms with E-state index in [1.165, 1.54) is 72.5 Å². The summed E-state index contributed by atoms with van der Waals surface area (Å²) in [5, 5.41) is 5.30. The topological polar surface area (TPSA) is 20.2 Å². The van der Waals surface area contributed by atoms with Crippen molar-refractivity contribution in [2.45, 2.75) is 37.4 Å². The maximum absolute atomic E-state index is 4.03. The predicted molar refractivity (Wildman–Crippen MR) is 217 cm³/mol. The Bertz CT molecular complexity index is 2470. The van der Waals surface area contributed by atoms with E-state index in [9.17, 15) is 0 Å². The van der Waals surface area contributed by atoms with Gasteiger partial charge in [-0.1, -0.05) is 153 Å². The van der Waals surface area contributed by atoms with E-state index >= 15 is 0 Å².